The van der Waals surface area contributed by atoms with E-state index in [1.54, 1.807) is 18.2 Å². The van der Waals surface area contributed by atoms with Crippen LogP contribution in [0.5, 0.6) is 23.0 Å². The fraction of sp³-hybridized carbons (Fsp3) is 0.400. The Morgan fingerprint density at radius 2 is 1.44 bits per heavy atom. The van der Waals surface area contributed by atoms with Crippen molar-refractivity contribution in [3.05, 3.63) is 47.5 Å². The van der Waals surface area contributed by atoms with Crippen molar-refractivity contribution in [2.75, 3.05) is 14.2 Å². The van der Waals surface area contributed by atoms with Crippen LogP contribution in [0, 0.1) is 11.8 Å². The van der Waals surface area contributed by atoms with Crippen molar-refractivity contribution in [3.8, 4) is 23.0 Å². The lowest BCUT2D eigenvalue weighted by molar-refractivity contribution is 0.0869. The molecule has 5 heteroatoms. The molecule has 2 aromatic carbocycles. The maximum Gasteiger partial charge on any atom is 0.160 e. The highest BCUT2D eigenvalue weighted by Gasteiger charge is 2.23. The lowest BCUT2D eigenvalue weighted by Crippen LogP contribution is -2.19. The molecule has 5 nitrogen and oxygen atoms in total. The van der Waals surface area contributed by atoms with Gasteiger partial charge in [-0.1, -0.05) is 26.0 Å². The summed E-state index contributed by atoms with van der Waals surface area (Å²) in [6.07, 6.45) is 0.0629. The molecule has 2 aromatic rings. The summed E-state index contributed by atoms with van der Waals surface area (Å²) in [5.74, 6) is 1.12. The summed E-state index contributed by atoms with van der Waals surface area (Å²) in [7, 11) is 3.00. The normalized spacial score (nSPS) is 14.6. The maximum atomic E-state index is 10.7. The minimum Gasteiger partial charge on any atom is -0.504 e. The van der Waals surface area contributed by atoms with Gasteiger partial charge in [0.05, 0.1) is 20.3 Å². The zero-order valence-electron chi connectivity index (χ0n) is 15.1. The van der Waals surface area contributed by atoms with E-state index in [1.807, 2.05) is 19.1 Å². The van der Waals surface area contributed by atoms with Crippen LogP contribution in [0.2, 0.25) is 0 Å². The summed E-state index contributed by atoms with van der Waals surface area (Å²) in [6, 6.07) is 10.2. The third-order valence-electron chi connectivity index (χ3n) is 4.74. The number of rotatable bonds is 7. The highest BCUT2D eigenvalue weighted by Crippen LogP contribution is 2.35. The second kappa shape index (κ2) is 8.12. The summed E-state index contributed by atoms with van der Waals surface area (Å²) < 4.78 is 10.3. The van der Waals surface area contributed by atoms with Crippen molar-refractivity contribution in [1.82, 2.24) is 0 Å². The van der Waals surface area contributed by atoms with Crippen LogP contribution in [0.25, 0.3) is 0 Å². The van der Waals surface area contributed by atoms with E-state index in [1.165, 1.54) is 20.3 Å². The SMILES string of the molecule is COc1cc(C[C@H](C)[C@@H](C)[C@H](O)c2ccc(O)c(OC)c2)ccc1O. The summed E-state index contributed by atoms with van der Waals surface area (Å²) >= 11 is 0. The van der Waals surface area contributed by atoms with E-state index in [0.717, 1.165) is 12.0 Å². The van der Waals surface area contributed by atoms with Crippen molar-refractivity contribution in [2.45, 2.75) is 26.4 Å². The van der Waals surface area contributed by atoms with Gasteiger partial charge >= 0.3 is 0 Å². The minimum absolute atomic E-state index is 0.0194. The Kier molecular flexibility index (Phi) is 6.15. The maximum absolute atomic E-state index is 10.7. The molecule has 0 spiro atoms. The molecule has 2 rings (SSSR count). The number of hydrogen-bond acceptors (Lipinski definition) is 5. The van der Waals surface area contributed by atoms with Crippen LogP contribution in [0.4, 0.5) is 0 Å². The van der Waals surface area contributed by atoms with Crippen LogP contribution in [0.15, 0.2) is 36.4 Å². The van der Waals surface area contributed by atoms with E-state index in [4.69, 9.17) is 9.47 Å². The van der Waals surface area contributed by atoms with E-state index in [0.29, 0.717) is 17.1 Å². The summed E-state index contributed by atoms with van der Waals surface area (Å²) in [5.41, 5.74) is 1.74. The molecule has 3 N–H and O–H groups in total. The van der Waals surface area contributed by atoms with Crippen molar-refractivity contribution < 1.29 is 24.8 Å². The first-order valence-corrected chi connectivity index (χ1v) is 8.28. The van der Waals surface area contributed by atoms with Gasteiger partial charge in [-0.25, -0.2) is 0 Å². The molecule has 0 aliphatic rings. The molecular weight excluding hydrogens is 320 g/mol. The highest BCUT2D eigenvalue weighted by atomic mass is 16.5. The number of ether oxygens (including phenoxy) is 2. The van der Waals surface area contributed by atoms with Crippen LogP contribution in [0.1, 0.15) is 31.1 Å². The number of aliphatic hydroxyl groups is 1. The molecule has 25 heavy (non-hydrogen) atoms. The molecule has 0 radical (unpaired) electrons. The first-order valence-electron chi connectivity index (χ1n) is 8.28. The number of methoxy groups -OCH3 is 2. The molecule has 0 amide bonds. The Bertz CT molecular complexity index is 713. The minimum atomic E-state index is -0.677. The van der Waals surface area contributed by atoms with Gasteiger partial charge < -0.3 is 24.8 Å². The van der Waals surface area contributed by atoms with E-state index < -0.39 is 6.10 Å². The van der Waals surface area contributed by atoms with Gasteiger partial charge in [0.1, 0.15) is 0 Å². The van der Waals surface area contributed by atoms with Gasteiger partial charge in [-0.05, 0) is 53.6 Å². The van der Waals surface area contributed by atoms with Crippen molar-refractivity contribution in [3.63, 3.8) is 0 Å². The number of aromatic hydroxyl groups is 2. The van der Waals surface area contributed by atoms with Crippen LogP contribution >= 0.6 is 0 Å². The molecule has 0 aliphatic heterocycles. The lowest BCUT2D eigenvalue weighted by atomic mass is 9.83. The smallest absolute Gasteiger partial charge is 0.160 e. The largest absolute Gasteiger partial charge is 0.504 e. The average Bonchev–Trinajstić information content (AvgIpc) is 2.62. The van der Waals surface area contributed by atoms with E-state index >= 15 is 0 Å². The molecule has 0 saturated carbocycles. The van der Waals surface area contributed by atoms with Crippen molar-refractivity contribution in [2.24, 2.45) is 11.8 Å². The summed E-state index contributed by atoms with van der Waals surface area (Å²) in [6.45, 7) is 4.07. The monoisotopic (exact) mass is 346 g/mol. The Balaban J connectivity index is 2.12. The predicted octanol–water partition coefficient (Wildman–Crippen LogP) is 3.66. The van der Waals surface area contributed by atoms with Crippen LogP contribution < -0.4 is 9.47 Å². The molecule has 0 heterocycles. The van der Waals surface area contributed by atoms with Crippen molar-refractivity contribution >= 4 is 0 Å². The quantitative estimate of drug-likeness (QED) is 0.713. The van der Waals surface area contributed by atoms with E-state index in [2.05, 4.69) is 6.92 Å². The Hall–Kier alpha value is -2.40. The molecule has 0 saturated heterocycles. The summed E-state index contributed by atoms with van der Waals surface area (Å²) in [5, 5.41) is 30.1. The molecular formula is C20H26O5. The molecule has 3 atom stereocenters. The standard InChI is InChI=1S/C20H26O5/c1-12(9-14-5-7-16(21)18(10-14)24-3)13(2)20(23)15-6-8-17(22)19(11-15)25-4/h5-8,10-13,20-23H,9H2,1-4H3/t12-,13+,20-/m0/s1. The van der Waals surface area contributed by atoms with E-state index in [-0.39, 0.29) is 23.3 Å². The second-order valence-corrected chi connectivity index (χ2v) is 6.42. The fourth-order valence-electron chi connectivity index (χ4n) is 2.90. The molecule has 136 valence electrons. The van der Waals surface area contributed by atoms with Crippen LogP contribution in [-0.2, 0) is 6.42 Å². The third-order valence-corrected chi connectivity index (χ3v) is 4.74. The van der Waals surface area contributed by atoms with Gasteiger partial charge in [0.15, 0.2) is 23.0 Å². The second-order valence-electron chi connectivity index (χ2n) is 6.42. The summed E-state index contributed by atoms with van der Waals surface area (Å²) in [4.78, 5) is 0. The average molecular weight is 346 g/mol. The molecule has 0 bridgehead atoms. The fourth-order valence-corrected chi connectivity index (χ4v) is 2.90. The number of phenolic OH excluding ortho intramolecular Hbond substituents is 2. The van der Waals surface area contributed by atoms with E-state index in [9.17, 15) is 15.3 Å². The third kappa shape index (κ3) is 4.37. The number of phenols is 2. The first kappa shape index (κ1) is 18.9. The Labute approximate surface area is 148 Å². The Morgan fingerprint density at radius 1 is 0.880 bits per heavy atom. The van der Waals surface area contributed by atoms with Gasteiger partial charge in [-0.15, -0.1) is 0 Å². The predicted molar refractivity (Wildman–Crippen MR) is 96.3 cm³/mol. The molecule has 0 fully saturated rings. The van der Waals surface area contributed by atoms with Gasteiger partial charge in [-0.2, -0.15) is 0 Å². The highest BCUT2D eigenvalue weighted by molar-refractivity contribution is 5.43. The van der Waals surface area contributed by atoms with Gasteiger partial charge in [0, 0.05) is 0 Å². The van der Waals surface area contributed by atoms with Gasteiger partial charge in [0.2, 0.25) is 0 Å². The number of benzene rings is 2. The molecule has 0 unspecified atom stereocenters. The number of hydrogen-bond donors (Lipinski definition) is 3. The van der Waals surface area contributed by atoms with Crippen LogP contribution in [0.3, 0.4) is 0 Å². The Morgan fingerprint density at radius 3 is 2.04 bits per heavy atom. The van der Waals surface area contributed by atoms with Gasteiger partial charge in [-0.3, -0.25) is 0 Å². The van der Waals surface area contributed by atoms with Gasteiger partial charge in [0.25, 0.3) is 0 Å². The lowest BCUT2D eigenvalue weighted by Gasteiger charge is -2.26. The number of aliphatic hydroxyl groups excluding tert-OH is 1. The zero-order chi connectivity index (χ0) is 18.6. The van der Waals surface area contributed by atoms with Crippen molar-refractivity contribution in [1.29, 1.82) is 0 Å². The first-order chi connectivity index (χ1) is 11.9. The topological polar surface area (TPSA) is 79.2 Å². The van der Waals surface area contributed by atoms with Crippen LogP contribution in [-0.4, -0.2) is 29.5 Å². The zero-order valence-corrected chi connectivity index (χ0v) is 15.1. The molecule has 0 aliphatic carbocycles. The molecule has 0 aromatic heterocycles.